The zero-order valence-electron chi connectivity index (χ0n) is 13.3. The van der Waals surface area contributed by atoms with Gasteiger partial charge in [0, 0.05) is 12.1 Å². The molecule has 0 saturated heterocycles. The van der Waals surface area contributed by atoms with Crippen LogP contribution < -0.4 is 10.1 Å². The highest BCUT2D eigenvalue weighted by atomic mass is 32.1. The molecular formula is C18H25NOS. The van der Waals surface area contributed by atoms with E-state index in [-0.39, 0.29) is 0 Å². The second-order valence-corrected chi connectivity index (χ2v) is 6.72. The van der Waals surface area contributed by atoms with E-state index in [0.717, 1.165) is 12.4 Å². The summed E-state index contributed by atoms with van der Waals surface area (Å²) in [4.78, 5) is 0. The molecule has 3 heteroatoms. The molecule has 2 nitrogen and oxygen atoms in total. The molecule has 2 aromatic rings. The summed E-state index contributed by atoms with van der Waals surface area (Å²) in [6, 6.07) is 11.3. The first-order valence-corrected chi connectivity index (χ1v) is 8.51. The van der Waals surface area contributed by atoms with Crippen molar-refractivity contribution < 1.29 is 4.74 Å². The monoisotopic (exact) mass is 303 g/mol. The third kappa shape index (κ3) is 4.87. The summed E-state index contributed by atoms with van der Waals surface area (Å²) in [7, 11) is 0. The summed E-state index contributed by atoms with van der Waals surface area (Å²) in [6.45, 7) is 9.49. The lowest BCUT2D eigenvalue weighted by atomic mass is 10.1. The quantitative estimate of drug-likeness (QED) is 0.759. The van der Waals surface area contributed by atoms with E-state index in [1.54, 1.807) is 11.3 Å². The highest BCUT2D eigenvalue weighted by Gasteiger charge is 2.11. The number of nitrogens with one attached hydrogen (secondary N) is 1. The van der Waals surface area contributed by atoms with E-state index < -0.39 is 0 Å². The molecule has 2 rings (SSSR count). The lowest BCUT2D eigenvalue weighted by molar-refractivity contribution is 0.271. The van der Waals surface area contributed by atoms with Crippen molar-refractivity contribution in [3.05, 3.63) is 52.2 Å². The standard InChI is InChI=1S/C18H25NOS/c1-13(2)11-20-18-7-5-16(6-8-18)14(3)19-15(4)17-9-10-21-12-17/h5-10,12-15,19H,11H2,1-4H3. The van der Waals surface area contributed by atoms with Crippen molar-refractivity contribution in [2.75, 3.05) is 6.61 Å². The van der Waals surface area contributed by atoms with Gasteiger partial charge in [0.1, 0.15) is 5.75 Å². The fourth-order valence-corrected chi connectivity index (χ4v) is 2.96. The van der Waals surface area contributed by atoms with Crippen LogP contribution in [0, 0.1) is 5.92 Å². The van der Waals surface area contributed by atoms with Crippen molar-refractivity contribution in [3.63, 3.8) is 0 Å². The van der Waals surface area contributed by atoms with Crippen molar-refractivity contribution in [1.29, 1.82) is 0 Å². The Kier molecular flexibility index (Phi) is 5.83. The van der Waals surface area contributed by atoms with Crippen LogP contribution in [-0.2, 0) is 0 Å². The largest absolute Gasteiger partial charge is 0.493 e. The fraction of sp³-hybridized carbons (Fsp3) is 0.444. The van der Waals surface area contributed by atoms with Gasteiger partial charge in [-0.3, -0.25) is 0 Å². The summed E-state index contributed by atoms with van der Waals surface area (Å²) in [5.74, 6) is 1.50. The van der Waals surface area contributed by atoms with Crippen LogP contribution in [0.5, 0.6) is 5.75 Å². The van der Waals surface area contributed by atoms with Gasteiger partial charge in [-0.05, 0) is 59.9 Å². The van der Waals surface area contributed by atoms with E-state index in [0.29, 0.717) is 18.0 Å². The predicted molar refractivity (Wildman–Crippen MR) is 91.1 cm³/mol. The Morgan fingerprint density at radius 2 is 1.62 bits per heavy atom. The average Bonchev–Trinajstić information content (AvgIpc) is 3.00. The molecule has 1 aromatic carbocycles. The molecule has 0 amide bonds. The second kappa shape index (κ2) is 7.62. The fourth-order valence-electron chi connectivity index (χ4n) is 2.20. The van der Waals surface area contributed by atoms with Crippen LogP contribution in [0.1, 0.15) is 50.9 Å². The predicted octanol–water partition coefficient (Wildman–Crippen LogP) is 5.19. The Labute approximate surface area is 132 Å². The maximum absolute atomic E-state index is 5.72. The van der Waals surface area contributed by atoms with Gasteiger partial charge in [0.25, 0.3) is 0 Å². The molecule has 0 aliphatic carbocycles. The van der Waals surface area contributed by atoms with Gasteiger partial charge in [0.2, 0.25) is 0 Å². The Morgan fingerprint density at radius 3 is 2.19 bits per heavy atom. The minimum absolute atomic E-state index is 0.319. The van der Waals surface area contributed by atoms with E-state index in [1.807, 2.05) is 0 Å². The van der Waals surface area contributed by atoms with Crippen molar-refractivity contribution in [2.24, 2.45) is 5.92 Å². The molecule has 0 bridgehead atoms. The molecule has 1 heterocycles. The molecular weight excluding hydrogens is 278 g/mol. The molecule has 0 aliphatic heterocycles. The third-order valence-electron chi connectivity index (χ3n) is 3.51. The molecule has 0 aliphatic rings. The van der Waals surface area contributed by atoms with Crippen LogP contribution in [0.3, 0.4) is 0 Å². The molecule has 2 unspecified atom stereocenters. The molecule has 1 N–H and O–H groups in total. The zero-order valence-corrected chi connectivity index (χ0v) is 14.1. The molecule has 0 saturated carbocycles. The normalized spacial score (nSPS) is 14.1. The Morgan fingerprint density at radius 1 is 0.952 bits per heavy atom. The van der Waals surface area contributed by atoms with Gasteiger partial charge < -0.3 is 10.1 Å². The first kappa shape index (κ1) is 16.1. The summed E-state index contributed by atoms with van der Waals surface area (Å²) < 4.78 is 5.72. The van der Waals surface area contributed by atoms with Crippen LogP contribution in [0.15, 0.2) is 41.1 Å². The Bertz CT molecular complexity index is 519. The van der Waals surface area contributed by atoms with Gasteiger partial charge in [-0.25, -0.2) is 0 Å². The van der Waals surface area contributed by atoms with Crippen LogP contribution in [-0.4, -0.2) is 6.61 Å². The molecule has 21 heavy (non-hydrogen) atoms. The van der Waals surface area contributed by atoms with Crippen molar-refractivity contribution in [1.82, 2.24) is 5.32 Å². The van der Waals surface area contributed by atoms with E-state index in [1.165, 1.54) is 11.1 Å². The number of rotatable bonds is 7. The van der Waals surface area contributed by atoms with Crippen molar-refractivity contribution in [2.45, 2.75) is 39.8 Å². The maximum atomic E-state index is 5.72. The smallest absolute Gasteiger partial charge is 0.119 e. The number of hydrogen-bond acceptors (Lipinski definition) is 3. The minimum atomic E-state index is 0.319. The molecule has 2 atom stereocenters. The van der Waals surface area contributed by atoms with Gasteiger partial charge in [0.05, 0.1) is 6.61 Å². The first-order valence-electron chi connectivity index (χ1n) is 7.57. The van der Waals surface area contributed by atoms with E-state index in [9.17, 15) is 0 Å². The number of benzene rings is 1. The van der Waals surface area contributed by atoms with Crippen LogP contribution >= 0.6 is 11.3 Å². The zero-order chi connectivity index (χ0) is 15.2. The molecule has 0 radical (unpaired) electrons. The SMILES string of the molecule is CC(C)COc1ccc(C(C)NC(C)c2ccsc2)cc1. The van der Waals surface area contributed by atoms with Crippen LogP contribution in [0.25, 0.3) is 0 Å². The Balaban J connectivity index is 1.91. The molecule has 114 valence electrons. The van der Waals surface area contributed by atoms with Gasteiger partial charge in [0.15, 0.2) is 0 Å². The Hall–Kier alpha value is -1.32. The third-order valence-corrected chi connectivity index (χ3v) is 4.21. The van der Waals surface area contributed by atoms with Gasteiger partial charge in [-0.2, -0.15) is 11.3 Å². The minimum Gasteiger partial charge on any atom is -0.493 e. The molecule has 0 fully saturated rings. The second-order valence-electron chi connectivity index (χ2n) is 5.94. The molecule has 1 aromatic heterocycles. The summed E-state index contributed by atoms with van der Waals surface area (Å²) in [6.07, 6.45) is 0. The topological polar surface area (TPSA) is 21.3 Å². The number of ether oxygens (including phenoxy) is 1. The highest BCUT2D eigenvalue weighted by Crippen LogP contribution is 2.22. The summed E-state index contributed by atoms with van der Waals surface area (Å²) in [5, 5.41) is 7.96. The summed E-state index contributed by atoms with van der Waals surface area (Å²) in [5.41, 5.74) is 2.64. The van der Waals surface area contributed by atoms with Crippen molar-refractivity contribution in [3.8, 4) is 5.75 Å². The number of thiophene rings is 1. The van der Waals surface area contributed by atoms with Gasteiger partial charge in [-0.15, -0.1) is 0 Å². The lowest BCUT2D eigenvalue weighted by Crippen LogP contribution is -2.22. The van der Waals surface area contributed by atoms with E-state index in [4.69, 9.17) is 4.74 Å². The van der Waals surface area contributed by atoms with E-state index >= 15 is 0 Å². The molecule has 0 spiro atoms. The van der Waals surface area contributed by atoms with E-state index in [2.05, 4.69) is 74.1 Å². The summed E-state index contributed by atoms with van der Waals surface area (Å²) >= 11 is 1.74. The van der Waals surface area contributed by atoms with Gasteiger partial charge >= 0.3 is 0 Å². The maximum Gasteiger partial charge on any atom is 0.119 e. The lowest BCUT2D eigenvalue weighted by Gasteiger charge is -2.20. The van der Waals surface area contributed by atoms with Crippen molar-refractivity contribution >= 4 is 11.3 Å². The number of hydrogen-bond donors (Lipinski definition) is 1. The average molecular weight is 303 g/mol. The first-order chi connectivity index (χ1) is 10.1. The van der Waals surface area contributed by atoms with Gasteiger partial charge in [-0.1, -0.05) is 26.0 Å². The highest BCUT2D eigenvalue weighted by molar-refractivity contribution is 7.07. The van der Waals surface area contributed by atoms with Crippen LogP contribution in [0.2, 0.25) is 0 Å². The van der Waals surface area contributed by atoms with Crippen LogP contribution in [0.4, 0.5) is 0 Å².